The molecule has 0 saturated heterocycles. The first-order valence-corrected chi connectivity index (χ1v) is 5.22. The fraction of sp³-hybridized carbons (Fsp3) is 0.455. The summed E-state index contributed by atoms with van der Waals surface area (Å²) in [4.78, 5) is 17.6. The van der Waals surface area contributed by atoms with Crippen molar-refractivity contribution >= 4 is 11.7 Å². The molecule has 0 saturated carbocycles. The van der Waals surface area contributed by atoms with Crippen molar-refractivity contribution in [3.05, 3.63) is 23.4 Å². The summed E-state index contributed by atoms with van der Waals surface area (Å²) in [6.07, 6.45) is 0. The number of likely N-dealkylation sites (N-methyl/N-ethyl adjacent to an activating group) is 1. The van der Waals surface area contributed by atoms with Crippen molar-refractivity contribution in [3.63, 3.8) is 0 Å². The lowest BCUT2D eigenvalue weighted by atomic mass is 10.2. The highest BCUT2D eigenvalue weighted by Gasteiger charge is 2.14. The van der Waals surface area contributed by atoms with E-state index in [4.69, 9.17) is 10.8 Å². The van der Waals surface area contributed by atoms with Crippen LogP contribution in [0.25, 0.3) is 0 Å². The van der Waals surface area contributed by atoms with Crippen molar-refractivity contribution in [2.75, 3.05) is 25.4 Å². The van der Waals surface area contributed by atoms with Crippen LogP contribution in [0.15, 0.2) is 12.1 Å². The van der Waals surface area contributed by atoms with E-state index in [0.717, 1.165) is 0 Å². The average Bonchev–Trinajstić information content (AvgIpc) is 2.23. The molecule has 1 aromatic rings. The number of amides is 1. The highest BCUT2D eigenvalue weighted by Crippen LogP contribution is 2.10. The van der Waals surface area contributed by atoms with Crippen LogP contribution in [0.5, 0.6) is 0 Å². The molecule has 0 spiro atoms. The number of nitrogen functional groups attached to an aromatic ring is 1. The Hall–Kier alpha value is -1.62. The number of nitrogens with two attached hydrogens (primary N) is 1. The zero-order valence-corrected chi connectivity index (χ0v) is 9.60. The van der Waals surface area contributed by atoms with Gasteiger partial charge in [-0.1, -0.05) is 0 Å². The van der Waals surface area contributed by atoms with Gasteiger partial charge in [-0.05, 0) is 26.0 Å². The molecular formula is C11H17N3O2. The summed E-state index contributed by atoms with van der Waals surface area (Å²) in [5.41, 5.74) is 6.81. The largest absolute Gasteiger partial charge is 0.395 e. The van der Waals surface area contributed by atoms with Gasteiger partial charge < -0.3 is 15.7 Å². The lowest BCUT2D eigenvalue weighted by Crippen LogP contribution is -2.33. The summed E-state index contributed by atoms with van der Waals surface area (Å²) < 4.78 is 0. The molecule has 3 N–H and O–H groups in total. The molecule has 0 aliphatic rings. The molecule has 0 radical (unpaired) electrons. The second kappa shape index (κ2) is 5.46. The summed E-state index contributed by atoms with van der Waals surface area (Å²) in [6, 6.07) is 3.24. The van der Waals surface area contributed by atoms with Gasteiger partial charge in [-0.2, -0.15) is 0 Å². The van der Waals surface area contributed by atoms with E-state index < -0.39 is 0 Å². The number of hydrogen-bond donors (Lipinski definition) is 2. The molecule has 0 atom stereocenters. The molecule has 0 aliphatic carbocycles. The maximum atomic E-state index is 12.0. The van der Waals surface area contributed by atoms with E-state index in [1.807, 2.05) is 6.92 Å². The van der Waals surface area contributed by atoms with E-state index in [9.17, 15) is 4.79 Å². The minimum Gasteiger partial charge on any atom is -0.395 e. The SMILES string of the molecule is CCN(CCO)C(=O)c1cc(C)nc(N)c1. The van der Waals surface area contributed by atoms with Crippen LogP contribution < -0.4 is 5.73 Å². The van der Waals surface area contributed by atoms with Crippen molar-refractivity contribution in [1.82, 2.24) is 9.88 Å². The zero-order chi connectivity index (χ0) is 12.1. The van der Waals surface area contributed by atoms with Crippen molar-refractivity contribution < 1.29 is 9.90 Å². The zero-order valence-electron chi connectivity index (χ0n) is 9.60. The minimum absolute atomic E-state index is 0.0425. The Balaban J connectivity index is 2.94. The Labute approximate surface area is 94.9 Å². The summed E-state index contributed by atoms with van der Waals surface area (Å²) in [5.74, 6) is 0.206. The number of aromatic nitrogens is 1. The molecule has 0 aliphatic heterocycles. The number of carbonyl (C=O) groups excluding carboxylic acids is 1. The molecule has 1 amide bonds. The van der Waals surface area contributed by atoms with E-state index in [0.29, 0.717) is 30.2 Å². The molecule has 0 aromatic carbocycles. The van der Waals surface area contributed by atoms with Crippen LogP contribution in [0.2, 0.25) is 0 Å². The first-order valence-electron chi connectivity index (χ1n) is 5.22. The molecule has 88 valence electrons. The normalized spacial score (nSPS) is 10.2. The number of aliphatic hydroxyl groups excluding tert-OH is 1. The molecule has 0 unspecified atom stereocenters. The third kappa shape index (κ3) is 2.93. The average molecular weight is 223 g/mol. The molecule has 5 nitrogen and oxygen atoms in total. The Morgan fingerprint density at radius 2 is 2.25 bits per heavy atom. The van der Waals surface area contributed by atoms with Crippen LogP contribution in [0.1, 0.15) is 23.0 Å². The number of carbonyl (C=O) groups is 1. The Morgan fingerprint density at radius 1 is 1.56 bits per heavy atom. The summed E-state index contributed by atoms with van der Waals surface area (Å²) >= 11 is 0. The number of pyridine rings is 1. The standard InChI is InChI=1S/C11H17N3O2/c1-3-14(4-5-15)11(16)9-6-8(2)13-10(12)7-9/h6-7,15H,3-5H2,1-2H3,(H2,12,13). The van der Waals surface area contributed by atoms with Gasteiger partial charge in [0.05, 0.1) is 6.61 Å². The summed E-state index contributed by atoms with van der Waals surface area (Å²) in [6.45, 7) is 4.50. The number of nitrogens with zero attached hydrogens (tertiary/aromatic N) is 2. The fourth-order valence-corrected chi connectivity index (χ4v) is 1.52. The Bertz CT molecular complexity index is 359. The van der Waals surface area contributed by atoms with Crippen LogP contribution in [0, 0.1) is 6.92 Å². The predicted octanol–water partition coefficient (Wildman–Crippen LogP) is 0.427. The number of hydrogen-bond acceptors (Lipinski definition) is 4. The fourth-order valence-electron chi connectivity index (χ4n) is 1.52. The van der Waals surface area contributed by atoms with Crippen molar-refractivity contribution in [2.45, 2.75) is 13.8 Å². The first-order chi connectivity index (χ1) is 7.58. The molecule has 0 fully saturated rings. The molecule has 16 heavy (non-hydrogen) atoms. The van der Waals surface area contributed by atoms with Crippen LogP contribution in [-0.4, -0.2) is 40.6 Å². The Morgan fingerprint density at radius 3 is 2.75 bits per heavy atom. The number of aryl methyl sites for hydroxylation is 1. The molecule has 5 heteroatoms. The second-order valence-electron chi connectivity index (χ2n) is 3.53. The lowest BCUT2D eigenvalue weighted by Gasteiger charge is -2.19. The minimum atomic E-state index is -0.131. The van der Waals surface area contributed by atoms with E-state index in [-0.39, 0.29) is 12.5 Å². The van der Waals surface area contributed by atoms with Gasteiger partial charge in [0.25, 0.3) is 5.91 Å². The van der Waals surface area contributed by atoms with Crippen molar-refractivity contribution in [1.29, 1.82) is 0 Å². The molecule has 0 bridgehead atoms. The maximum Gasteiger partial charge on any atom is 0.254 e. The van der Waals surface area contributed by atoms with Gasteiger partial charge in [0.15, 0.2) is 0 Å². The molecule has 1 aromatic heterocycles. The van der Waals surface area contributed by atoms with Gasteiger partial charge in [0.1, 0.15) is 5.82 Å². The van der Waals surface area contributed by atoms with Gasteiger partial charge in [-0.25, -0.2) is 4.98 Å². The predicted molar refractivity (Wildman–Crippen MR) is 62.0 cm³/mol. The van der Waals surface area contributed by atoms with Gasteiger partial charge in [0.2, 0.25) is 0 Å². The van der Waals surface area contributed by atoms with E-state index >= 15 is 0 Å². The van der Waals surface area contributed by atoms with Crippen LogP contribution in [0.3, 0.4) is 0 Å². The Kier molecular flexibility index (Phi) is 4.25. The van der Waals surface area contributed by atoms with E-state index in [2.05, 4.69) is 4.98 Å². The topological polar surface area (TPSA) is 79.5 Å². The van der Waals surface area contributed by atoms with Gasteiger partial charge in [-0.3, -0.25) is 4.79 Å². The van der Waals surface area contributed by atoms with Gasteiger partial charge in [0, 0.05) is 24.3 Å². The second-order valence-corrected chi connectivity index (χ2v) is 3.53. The number of aliphatic hydroxyl groups is 1. The quantitative estimate of drug-likeness (QED) is 0.775. The number of anilines is 1. The maximum absolute atomic E-state index is 12.0. The first kappa shape index (κ1) is 12.4. The molecule has 1 rings (SSSR count). The van der Waals surface area contributed by atoms with Crippen molar-refractivity contribution in [3.8, 4) is 0 Å². The molecule has 1 heterocycles. The molecular weight excluding hydrogens is 206 g/mol. The van der Waals surface area contributed by atoms with Gasteiger partial charge >= 0.3 is 0 Å². The highest BCUT2D eigenvalue weighted by molar-refractivity contribution is 5.94. The third-order valence-corrected chi connectivity index (χ3v) is 2.26. The monoisotopic (exact) mass is 223 g/mol. The highest BCUT2D eigenvalue weighted by atomic mass is 16.3. The smallest absolute Gasteiger partial charge is 0.254 e. The summed E-state index contributed by atoms with van der Waals surface area (Å²) in [5, 5.41) is 8.84. The lowest BCUT2D eigenvalue weighted by molar-refractivity contribution is 0.0732. The van der Waals surface area contributed by atoms with Gasteiger partial charge in [-0.15, -0.1) is 0 Å². The summed E-state index contributed by atoms with van der Waals surface area (Å²) in [7, 11) is 0. The van der Waals surface area contributed by atoms with Crippen LogP contribution in [0.4, 0.5) is 5.82 Å². The number of rotatable bonds is 4. The van der Waals surface area contributed by atoms with Crippen molar-refractivity contribution in [2.24, 2.45) is 0 Å². The van der Waals surface area contributed by atoms with E-state index in [1.165, 1.54) is 0 Å². The van der Waals surface area contributed by atoms with Crippen LogP contribution in [-0.2, 0) is 0 Å². The third-order valence-electron chi connectivity index (χ3n) is 2.26. The van der Waals surface area contributed by atoms with Crippen LogP contribution >= 0.6 is 0 Å². The van der Waals surface area contributed by atoms with E-state index in [1.54, 1.807) is 24.0 Å².